The summed E-state index contributed by atoms with van der Waals surface area (Å²) in [7, 11) is 0. The van der Waals surface area contributed by atoms with E-state index in [1.807, 2.05) is 54.6 Å². The summed E-state index contributed by atoms with van der Waals surface area (Å²) in [4.78, 5) is 0. The Labute approximate surface area is 173 Å². The topological polar surface area (TPSA) is 33.6 Å². The van der Waals surface area contributed by atoms with Crippen molar-refractivity contribution in [2.24, 2.45) is 5.10 Å². The van der Waals surface area contributed by atoms with Crippen LogP contribution >= 0.6 is 34.8 Å². The number of rotatable bonds is 7. The van der Waals surface area contributed by atoms with E-state index in [1.165, 1.54) is 0 Å². The van der Waals surface area contributed by atoms with Crippen LogP contribution in [0.5, 0.6) is 5.75 Å². The zero-order valence-corrected chi connectivity index (χ0v) is 16.6. The monoisotopic (exact) mass is 418 g/mol. The summed E-state index contributed by atoms with van der Waals surface area (Å²) < 4.78 is 5.82. The molecule has 0 aromatic heterocycles. The number of nitrogens with zero attached hydrogens (tertiary/aromatic N) is 1. The molecule has 0 saturated carbocycles. The van der Waals surface area contributed by atoms with Gasteiger partial charge in [-0.25, -0.2) is 0 Å². The molecule has 0 bridgehead atoms. The molecule has 0 unspecified atom stereocenters. The highest BCUT2D eigenvalue weighted by molar-refractivity contribution is 6.36. The van der Waals surface area contributed by atoms with E-state index in [4.69, 9.17) is 39.5 Å². The first-order valence-electron chi connectivity index (χ1n) is 8.28. The van der Waals surface area contributed by atoms with E-state index in [0.29, 0.717) is 28.2 Å². The second-order valence-corrected chi connectivity index (χ2v) is 7.04. The fraction of sp³-hybridized carbons (Fsp3) is 0.0952. The van der Waals surface area contributed by atoms with Crippen LogP contribution in [-0.2, 0) is 13.2 Å². The summed E-state index contributed by atoms with van der Waals surface area (Å²) in [6.45, 7) is 0.893. The first kappa shape index (κ1) is 19.6. The molecule has 0 aliphatic rings. The van der Waals surface area contributed by atoms with Gasteiger partial charge in [-0.05, 0) is 47.5 Å². The maximum Gasteiger partial charge on any atom is 0.120 e. The van der Waals surface area contributed by atoms with E-state index in [-0.39, 0.29) is 0 Å². The summed E-state index contributed by atoms with van der Waals surface area (Å²) in [5.74, 6) is 0.757. The molecule has 1 N–H and O–H groups in total. The van der Waals surface area contributed by atoms with E-state index in [1.54, 1.807) is 18.3 Å². The molecule has 0 aliphatic heterocycles. The predicted molar refractivity (Wildman–Crippen MR) is 113 cm³/mol. The molecule has 0 fully saturated rings. The third-order valence-corrected chi connectivity index (χ3v) is 4.72. The Kier molecular flexibility index (Phi) is 6.99. The Balaban J connectivity index is 1.56. The average molecular weight is 420 g/mol. The summed E-state index contributed by atoms with van der Waals surface area (Å²) in [5.41, 5.74) is 5.70. The van der Waals surface area contributed by atoms with Crippen LogP contribution in [0.15, 0.2) is 71.8 Å². The Morgan fingerprint density at radius 3 is 2.41 bits per heavy atom. The lowest BCUT2D eigenvalue weighted by atomic mass is 10.2. The molecule has 0 amide bonds. The molecule has 138 valence electrons. The number of hydrazone groups is 1. The van der Waals surface area contributed by atoms with Crippen molar-refractivity contribution in [1.29, 1.82) is 0 Å². The van der Waals surface area contributed by atoms with Gasteiger partial charge in [0.05, 0.1) is 12.8 Å². The Bertz CT molecular complexity index is 924. The zero-order chi connectivity index (χ0) is 19.1. The molecule has 6 heteroatoms. The van der Waals surface area contributed by atoms with Crippen LogP contribution in [0, 0.1) is 0 Å². The summed E-state index contributed by atoms with van der Waals surface area (Å²) in [6.07, 6.45) is 1.72. The Morgan fingerprint density at radius 1 is 0.889 bits per heavy atom. The SMILES string of the molecule is Clc1cccc(COc2cccc(/C=N/NCc3c(Cl)cccc3Cl)c2)c1. The van der Waals surface area contributed by atoms with Crippen molar-refractivity contribution in [3.8, 4) is 5.75 Å². The first-order chi connectivity index (χ1) is 13.1. The molecular weight excluding hydrogens is 403 g/mol. The normalized spacial score (nSPS) is 10.9. The third kappa shape index (κ3) is 5.90. The number of hydrogen-bond donors (Lipinski definition) is 1. The number of hydrogen-bond acceptors (Lipinski definition) is 3. The van der Waals surface area contributed by atoms with Crippen molar-refractivity contribution in [2.75, 3.05) is 0 Å². The summed E-state index contributed by atoms with van der Waals surface area (Å²) in [6, 6.07) is 20.7. The fourth-order valence-electron chi connectivity index (χ4n) is 2.42. The minimum atomic E-state index is 0.444. The van der Waals surface area contributed by atoms with Crippen molar-refractivity contribution in [3.05, 3.63) is 98.5 Å². The Hall–Kier alpha value is -2.20. The van der Waals surface area contributed by atoms with E-state index in [2.05, 4.69) is 10.5 Å². The number of ether oxygens (including phenoxy) is 1. The highest BCUT2D eigenvalue weighted by Crippen LogP contribution is 2.23. The van der Waals surface area contributed by atoms with E-state index in [0.717, 1.165) is 22.4 Å². The molecule has 0 saturated heterocycles. The number of benzene rings is 3. The molecular formula is C21H17Cl3N2O. The van der Waals surface area contributed by atoms with Crippen LogP contribution in [0.2, 0.25) is 15.1 Å². The third-order valence-electron chi connectivity index (χ3n) is 3.78. The smallest absolute Gasteiger partial charge is 0.120 e. The quantitative estimate of drug-likeness (QED) is 0.357. The van der Waals surface area contributed by atoms with Gasteiger partial charge in [0, 0.05) is 20.6 Å². The van der Waals surface area contributed by atoms with Crippen LogP contribution in [0.4, 0.5) is 0 Å². The molecule has 0 atom stereocenters. The van der Waals surface area contributed by atoms with Gasteiger partial charge in [-0.2, -0.15) is 5.10 Å². The van der Waals surface area contributed by atoms with Gasteiger partial charge in [0.15, 0.2) is 0 Å². The number of nitrogens with one attached hydrogen (secondary N) is 1. The zero-order valence-electron chi connectivity index (χ0n) is 14.3. The average Bonchev–Trinajstić information content (AvgIpc) is 2.66. The van der Waals surface area contributed by atoms with Crippen molar-refractivity contribution >= 4 is 41.0 Å². The predicted octanol–water partition coefficient (Wildman–Crippen LogP) is 6.35. The van der Waals surface area contributed by atoms with Gasteiger partial charge < -0.3 is 10.2 Å². The molecule has 3 aromatic rings. The van der Waals surface area contributed by atoms with Crippen LogP contribution in [0.3, 0.4) is 0 Å². The molecule has 3 nitrogen and oxygen atoms in total. The molecule has 3 aromatic carbocycles. The Morgan fingerprint density at radius 2 is 1.63 bits per heavy atom. The second kappa shape index (κ2) is 9.65. The van der Waals surface area contributed by atoms with Crippen LogP contribution in [0.25, 0.3) is 0 Å². The van der Waals surface area contributed by atoms with Crippen LogP contribution in [0.1, 0.15) is 16.7 Å². The lowest BCUT2D eigenvalue weighted by Gasteiger charge is -2.08. The largest absolute Gasteiger partial charge is 0.489 e. The van der Waals surface area contributed by atoms with E-state index < -0.39 is 0 Å². The minimum absolute atomic E-state index is 0.444. The van der Waals surface area contributed by atoms with Gasteiger partial charge in [-0.3, -0.25) is 0 Å². The number of halogens is 3. The van der Waals surface area contributed by atoms with Gasteiger partial charge in [0.1, 0.15) is 12.4 Å². The van der Waals surface area contributed by atoms with Crippen molar-refractivity contribution in [1.82, 2.24) is 5.43 Å². The molecule has 0 radical (unpaired) electrons. The van der Waals surface area contributed by atoms with Gasteiger partial charge in [0.2, 0.25) is 0 Å². The highest BCUT2D eigenvalue weighted by Gasteiger charge is 2.04. The van der Waals surface area contributed by atoms with Gasteiger partial charge in [0.25, 0.3) is 0 Å². The second-order valence-electron chi connectivity index (χ2n) is 5.78. The molecule has 0 spiro atoms. The first-order valence-corrected chi connectivity index (χ1v) is 9.41. The van der Waals surface area contributed by atoms with Gasteiger partial charge in [-0.15, -0.1) is 0 Å². The van der Waals surface area contributed by atoms with Gasteiger partial charge in [-0.1, -0.05) is 65.1 Å². The highest BCUT2D eigenvalue weighted by atomic mass is 35.5. The lowest BCUT2D eigenvalue weighted by molar-refractivity contribution is 0.306. The van der Waals surface area contributed by atoms with Crippen LogP contribution < -0.4 is 10.2 Å². The summed E-state index contributed by atoms with van der Waals surface area (Å²) in [5, 5.41) is 6.15. The van der Waals surface area contributed by atoms with Crippen molar-refractivity contribution < 1.29 is 4.74 Å². The summed E-state index contributed by atoms with van der Waals surface area (Å²) >= 11 is 18.3. The van der Waals surface area contributed by atoms with Crippen molar-refractivity contribution in [2.45, 2.75) is 13.2 Å². The molecule has 0 heterocycles. The molecule has 0 aliphatic carbocycles. The lowest BCUT2D eigenvalue weighted by Crippen LogP contribution is -2.06. The maximum atomic E-state index is 6.14. The van der Waals surface area contributed by atoms with E-state index >= 15 is 0 Å². The maximum absolute atomic E-state index is 6.14. The fourth-order valence-corrected chi connectivity index (χ4v) is 3.17. The van der Waals surface area contributed by atoms with Gasteiger partial charge >= 0.3 is 0 Å². The van der Waals surface area contributed by atoms with Crippen molar-refractivity contribution in [3.63, 3.8) is 0 Å². The minimum Gasteiger partial charge on any atom is -0.489 e. The standard InChI is InChI=1S/C21H17Cl3N2O/c22-17-6-1-5-16(10-17)14-27-18-7-2-4-15(11-18)12-25-26-13-19-20(23)8-3-9-21(19)24/h1-12,26H,13-14H2/b25-12+. The van der Waals surface area contributed by atoms with E-state index in [9.17, 15) is 0 Å². The molecule has 27 heavy (non-hydrogen) atoms. The van der Waals surface area contributed by atoms with Crippen LogP contribution in [-0.4, -0.2) is 6.21 Å². The molecule has 3 rings (SSSR count).